The van der Waals surface area contributed by atoms with Crippen molar-refractivity contribution in [3.63, 3.8) is 0 Å². The summed E-state index contributed by atoms with van der Waals surface area (Å²) in [5.41, 5.74) is 1.29. The van der Waals surface area contributed by atoms with Gasteiger partial charge in [-0.3, -0.25) is 19.7 Å². The molecule has 2 fully saturated rings. The van der Waals surface area contributed by atoms with Crippen molar-refractivity contribution in [1.29, 1.82) is 0 Å². The third kappa shape index (κ3) is 7.20. The van der Waals surface area contributed by atoms with Crippen LogP contribution < -0.4 is 10.2 Å². The van der Waals surface area contributed by atoms with Crippen LogP contribution in [0.15, 0.2) is 61.1 Å². The lowest BCUT2D eigenvalue weighted by atomic mass is 9.72. The summed E-state index contributed by atoms with van der Waals surface area (Å²) in [5.74, 6) is 0.903. The van der Waals surface area contributed by atoms with E-state index in [9.17, 15) is 18.0 Å². The number of benzene rings is 1. The lowest BCUT2D eigenvalue weighted by Gasteiger charge is -2.43. The summed E-state index contributed by atoms with van der Waals surface area (Å²) >= 11 is 0. The first-order valence-electron chi connectivity index (χ1n) is 14.0. The topological polar surface area (TPSA) is 77.5 Å². The number of carbonyl (C=O) groups excluding carboxylic acids is 1. The number of amides is 1. The molecule has 218 valence electrons. The molecule has 2 aromatic heterocycles. The number of hydrogen-bond donors (Lipinski definition) is 1. The van der Waals surface area contributed by atoms with Gasteiger partial charge in [-0.1, -0.05) is 24.3 Å². The minimum atomic E-state index is -4.41. The third-order valence-electron chi connectivity index (χ3n) is 8.20. The highest BCUT2D eigenvalue weighted by atomic mass is 19.4. The van der Waals surface area contributed by atoms with Crippen molar-refractivity contribution < 1.29 is 18.0 Å². The fourth-order valence-corrected chi connectivity index (χ4v) is 5.79. The van der Waals surface area contributed by atoms with Crippen LogP contribution in [0.3, 0.4) is 0 Å². The van der Waals surface area contributed by atoms with Gasteiger partial charge in [0.15, 0.2) is 0 Å². The summed E-state index contributed by atoms with van der Waals surface area (Å²) in [5, 5.41) is 3.45. The first kappa shape index (κ1) is 28.9. The zero-order chi connectivity index (χ0) is 28.9. The summed E-state index contributed by atoms with van der Waals surface area (Å²) in [4.78, 5) is 32.5. The van der Waals surface area contributed by atoms with Gasteiger partial charge in [0, 0.05) is 75.9 Å². The van der Waals surface area contributed by atoms with Crippen molar-refractivity contribution in [2.24, 2.45) is 0 Å². The molecule has 41 heavy (non-hydrogen) atoms. The molecule has 8 nitrogen and oxygen atoms in total. The van der Waals surface area contributed by atoms with Crippen LogP contribution in [-0.4, -0.2) is 83.0 Å². The van der Waals surface area contributed by atoms with E-state index in [2.05, 4.69) is 30.1 Å². The maximum atomic E-state index is 13.6. The van der Waals surface area contributed by atoms with Gasteiger partial charge in [0.2, 0.25) is 5.91 Å². The van der Waals surface area contributed by atoms with Gasteiger partial charge in [-0.15, -0.1) is 0 Å². The van der Waals surface area contributed by atoms with Gasteiger partial charge in [-0.25, -0.2) is 4.98 Å². The number of nitrogens with zero attached hydrogens (tertiary/aromatic N) is 6. The van der Waals surface area contributed by atoms with Crippen molar-refractivity contribution in [3.05, 3.63) is 83.6 Å². The van der Waals surface area contributed by atoms with Crippen LogP contribution in [0.4, 0.5) is 19.0 Å². The van der Waals surface area contributed by atoms with Gasteiger partial charge >= 0.3 is 6.18 Å². The van der Waals surface area contributed by atoms with Crippen molar-refractivity contribution in [3.8, 4) is 0 Å². The van der Waals surface area contributed by atoms with Crippen molar-refractivity contribution >= 4 is 11.7 Å². The molecule has 0 bridgehead atoms. The van der Waals surface area contributed by atoms with Gasteiger partial charge in [-0.2, -0.15) is 13.2 Å². The number of likely N-dealkylation sites (tertiary alicyclic amines) is 1. The second-order valence-corrected chi connectivity index (χ2v) is 10.9. The highest BCUT2D eigenvalue weighted by molar-refractivity contribution is 5.78. The van der Waals surface area contributed by atoms with E-state index in [4.69, 9.17) is 0 Å². The maximum Gasteiger partial charge on any atom is 0.416 e. The number of aryl methyl sites for hydroxylation is 1. The van der Waals surface area contributed by atoms with Crippen LogP contribution in [0.5, 0.6) is 0 Å². The lowest BCUT2D eigenvalue weighted by molar-refractivity contribution is -0.137. The highest BCUT2D eigenvalue weighted by Crippen LogP contribution is 2.38. The predicted octanol–water partition coefficient (Wildman–Crippen LogP) is 3.67. The summed E-state index contributed by atoms with van der Waals surface area (Å²) in [6.07, 6.45) is 1.82. The third-order valence-corrected chi connectivity index (χ3v) is 8.20. The SMILES string of the molecule is Cc1cccc(CNCC2(c3cccc(C(F)(F)F)c3)CCN(C(=O)CN3CCN(c4cnccn4)CC3)CC2)n1. The number of hydrogen-bond acceptors (Lipinski definition) is 7. The first-order chi connectivity index (χ1) is 19.7. The normalized spacial score (nSPS) is 18.0. The Labute approximate surface area is 238 Å². The molecule has 0 aliphatic carbocycles. The maximum absolute atomic E-state index is 13.6. The van der Waals surface area contributed by atoms with Crippen LogP contribution >= 0.6 is 0 Å². The number of piperidine rings is 1. The summed E-state index contributed by atoms with van der Waals surface area (Å²) in [6, 6.07) is 11.5. The fourth-order valence-electron chi connectivity index (χ4n) is 5.79. The molecule has 11 heteroatoms. The molecule has 0 atom stereocenters. The number of anilines is 1. The van der Waals surface area contributed by atoms with E-state index in [-0.39, 0.29) is 5.91 Å². The Hall–Kier alpha value is -3.57. The van der Waals surface area contributed by atoms with E-state index in [1.54, 1.807) is 24.7 Å². The second kappa shape index (κ2) is 12.5. The summed E-state index contributed by atoms with van der Waals surface area (Å²) in [6.45, 7) is 7.32. The molecule has 4 heterocycles. The number of nitrogens with one attached hydrogen (secondary N) is 1. The number of halogens is 3. The number of carbonyl (C=O) groups is 1. The number of pyridine rings is 1. The smallest absolute Gasteiger partial charge is 0.353 e. The van der Waals surface area contributed by atoms with Gasteiger partial charge in [0.05, 0.1) is 24.0 Å². The standard InChI is InChI=1S/C30H36F3N7O/c1-23-4-2-7-26(37-23)19-35-22-29(24-5-3-6-25(18-24)30(31,32)33)8-12-40(13-9-29)28(41)21-38-14-16-39(17-15-38)27-20-34-10-11-36-27/h2-7,10-11,18,20,35H,8-9,12-17,19,21-22H2,1H3. The summed E-state index contributed by atoms with van der Waals surface area (Å²) in [7, 11) is 0. The molecule has 0 spiro atoms. The average Bonchev–Trinajstić information content (AvgIpc) is 2.98. The Morgan fingerprint density at radius 2 is 1.76 bits per heavy atom. The van der Waals surface area contributed by atoms with Crippen LogP contribution in [0, 0.1) is 6.92 Å². The molecule has 0 radical (unpaired) electrons. The number of aromatic nitrogens is 3. The van der Waals surface area contributed by atoms with Crippen molar-refractivity contribution in [1.82, 2.24) is 30.1 Å². The Balaban J connectivity index is 1.22. The van der Waals surface area contributed by atoms with E-state index in [1.807, 2.05) is 30.0 Å². The molecule has 1 aromatic carbocycles. The Kier molecular flexibility index (Phi) is 8.84. The van der Waals surface area contributed by atoms with Crippen LogP contribution in [0.2, 0.25) is 0 Å². The number of alkyl halides is 3. The zero-order valence-corrected chi connectivity index (χ0v) is 23.3. The minimum Gasteiger partial charge on any atom is -0.353 e. The van der Waals surface area contributed by atoms with Crippen LogP contribution in [0.1, 0.15) is 35.4 Å². The summed E-state index contributed by atoms with van der Waals surface area (Å²) < 4.78 is 40.8. The zero-order valence-electron chi connectivity index (χ0n) is 23.3. The predicted molar refractivity (Wildman–Crippen MR) is 150 cm³/mol. The largest absolute Gasteiger partial charge is 0.416 e. The quantitative estimate of drug-likeness (QED) is 0.445. The average molecular weight is 568 g/mol. The molecule has 2 aliphatic rings. The monoisotopic (exact) mass is 567 g/mol. The highest BCUT2D eigenvalue weighted by Gasteiger charge is 2.39. The Morgan fingerprint density at radius 3 is 2.44 bits per heavy atom. The van der Waals surface area contributed by atoms with Gasteiger partial charge < -0.3 is 15.1 Å². The van der Waals surface area contributed by atoms with E-state index in [0.29, 0.717) is 51.1 Å². The minimum absolute atomic E-state index is 0.0625. The molecule has 1 N–H and O–H groups in total. The second-order valence-electron chi connectivity index (χ2n) is 10.9. The Bertz CT molecular complexity index is 1300. The van der Waals surface area contributed by atoms with E-state index in [1.165, 1.54) is 12.1 Å². The van der Waals surface area contributed by atoms with E-state index in [0.717, 1.165) is 49.5 Å². The molecule has 2 aliphatic heterocycles. The van der Waals surface area contributed by atoms with E-state index < -0.39 is 17.2 Å². The van der Waals surface area contributed by atoms with Crippen molar-refractivity contribution in [2.45, 2.75) is 37.9 Å². The lowest BCUT2D eigenvalue weighted by Crippen LogP contribution is -2.53. The molecule has 0 saturated carbocycles. The molecular formula is C30H36F3N7O. The first-order valence-corrected chi connectivity index (χ1v) is 14.0. The van der Waals surface area contributed by atoms with Gasteiger partial charge in [0.1, 0.15) is 5.82 Å². The molecule has 0 unspecified atom stereocenters. The van der Waals surface area contributed by atoms with Gasteiger partial charge in [-0.05, 0) is 43.5 Å². The number of rotatable bonds is 8. The van der Waals surface area contributed by atoms with Crippen LogP contribution in [-0.2, 0) is 22.9 Å². The fraction of sp³-hybridized carbons (Fsp3) is 0.467. The Morgan fingerprint density at radius 1 is 1.00 bits per heavy atom. The molecule has 1 amide bonds. The van der Waals surface area contributed by atoms with Gasteiger partial charge in [0.25, 0.3) is 0 Å². The molecule has 2 saturated heterocycles. The van der Waals surface area contributed by atoms with Crippen molar-refractivity contribution in [2.75, 3.05) is 57.3 Å². The van der Waals surface area contributed by atoms with Crippen LogP contribution in [0.25, 0.3) is 0 Å². The molecular weight excluding hydrogens is 531 g/mol. The van der Waals surface area contributed by atoms with E-state index >= 15 is 0 Å². The number of piperazine rings is 1. The molecule has 3 aromatic rings. The molecule has 5 rings (SSSR count).